The molecule has 0 aliphatic carbocycles. The fourth-order valence-corrected chi connectivity index (χ4v) is 4.09. The summed E-state index contributed by atoms with van der Waals surface area (Å²) in [5, 5.41) is 72.0. The molecule has 1 heterocycles. The minimum Gasteiger partial charge on any atom is -0.507 e. The van der Waals surface area contributed by atoms with Crippen molar-refractivity contribution < 1.29 is 77.6 Å². The number of aromatic carboxylic acids is 1. The maximum absolute atomic E-state index is 13.0. The summed E-state index contributed by atoms with van der Waals surface area (Å²) >= 11 is 0. The van der Waals surface area contributed by atoms with E-state index < -0.39 is 93.4 Å². The van der Waals surface area contributed by atoms with Crippen LogP contribution in [0.1, 0.15) is 47.0 Å². The normalized spacial score (nSPS) is 15.6. The van der Waals surface area contributed by atoms with E-state index in [4.69, 9.17) is 14.6 Å². The predicted octanol–water partition coefficient (Wildman–Crippen LogP) is 1.70. The van der Waals surface area contributed by atoms with Crippen LogP contribution in [0.3, 0.4) is 0 Å². The molecule has 0 spiro atoms. The predicted molar refractivity (Wildman–Crippen MR) is 145 cm³/mol. The Morgan fingerprint density at radius 1 is 0.761 bits per heavy atom. The molecule has 46 heavy (non-hydrogen) atoms. The minimum atomic E-state index is -5.08. The van der Waals surface area contributed by atoms with Crippen LogP contribution in [0.25, 0.3) is 0 Å². The molecule has 0 unspecified atom stereocenters. The lowest BCUT2D eigenvalue weighted by molar-refractivity contribution is -0.192. The van der Waals surface area contributed by atoms with Crippen molar-refractivity contribution in [1.82, 2.24) is 10.6 Å². The van der Waals surface area contributed by atoms with E-state index in [0.29, 0.717) is 0 Å². The number of hydrogen-bond acceptors (Lipinski definition) is 12. The van der Waals surface area contributed by atoms with Gasteiger partial charge in [0.2, 0.25) is 5.78 Å². The van der Waals surface area contributed by atoms with Gasteiger partial charge in [-0.25, -0.2) is 14.4 Å². The number of ether oxygens (including phenoxy) is 1. The van der Waals surface area contributed by atoms with Gasteiger partial charge in [-0.2, -0.15) is 13.2 Å². The molecule has 3 aromatic rings. The summed E-state index contributed by atoms with van der Waals surface area (Å²) < 4.78 is 37.2. The third-order valence-corrected chi connectivity index (χ3v) is 6.27. The van der Waals surface area contributed by atoms with Crippen LogP contribution in [0.4, 0.5) is 13.2 Å². The fraction of sp³-hybridized carbons (Fsp3) is 0.179. The molecule has 1 aliphatic heterocycles. The quantitative estimate of drug-likeness (QED) is 0.100. The Hall–Kier alpha value is -6.04. The number of halogens is 3. The van der Waals surface area contributed by atoms with Crippen LogP contribution in [0.2, 0.25) is 0 Å². The summed E-state index contributed by atoms with van der Waals surface area (Å²) in [4.78, 5) is 58.7. The number of nitrogens with one attached hydrogen (secondary N) is 2. The number of benzene rings is 3. The van der Waals surface area contributed by atoms with Crippen molar-refractivity contribution in [3.8, 4) is 28.7 Å². The van der Waals surface area contributed by atoms with Gasteiger partial charge in [0.25, 0.3) is 5.91 Å². The number of phenolic OH excluding ortho intramolecular Hbond substituents is 5. The zero-order chi connectivity index (χ0) is 34.5. The summed E-state index contributed by atoms with van der Waals surface area (Å²) in [7, 11) is 0. The molecule has 1 fully saturated rings. The van der Waals surface area contributed by atoms with Crippen LogP contribution in [0.5, 0.6) is 28.7 Å². The van der Waals surface area contributed by atoms with E-state index in [0.717, 1.165) is 36.4 Å². The molecule has 4 rings (SSSR count). The number of carboxylic acid groups (broad SMARTS) is 2. The first-order valence-electron chi connectivity index (χ1n) is 12.6. The number of phenols is 5. The smallest absolute Gasteiger partial charge is 0.490 e. The number of alkyl halides is 3. The molecule has 2 atom stereocenters. The number of amides is 1. The number of esters is 1. The van der Waals surface area contributed by atoms with Gasteiger partial charge in [0.15, 0.2) is 11.5 Å². The van der Waals surface area contributed by atoms with Gasteiger partial charge in [-0.1, -0.05) is 6.07 Å². The summed E-state index contributed by atoms with van der Waals surface area (Å²) in [5.74, 6) is -10.4. The van der Waals surface area contributed by atoms with Gasteiger partial charge in [-0.15, -0.1) is 0 Å². The largest absolute Gasteiger partial charge is 0.507 e. The first-order chi connectivity index (χ1) is 21.4. The molecule has 0 aromatic heterocycles. The van der Waals surface area contributed by atoms with E-state index in [2.05, 4.69) is 10.6 Å². The summed E-state index contributed by atoms with van der Waals surface area (Å²) in [5.41, 5.74) is -2.26. The lowest BCUT2D eigenvalue weighted by Crippen LogP contribution is -2.44. The maximum atomic E-state index is 13.0. The molecule has 244 valence electrons. The molecule has 3 aromatic carbocycles. The van der Waals surface area contributed by atoms with Crippen molar-refractivity contribution in [3.05, 3.63) is 76.3 Å². The molecule has 0 bridgehead atoms. The number of carbonyl (C=O) groups is 5. The number of aliphatic carboxylic acids is 1. The fourth-order valence-electron chi connectivity index (χ4n) is 4.09. The van der Waals surface area contributed by atoms with Gasteiger partial charge in [0.05, 0.1) is 22.7 Å². The Bertz CT molecular complexity index is 1690. The van der Waals surface area contributed by atoms with Crippen molar-refractivity contribution in [2.24, 2.45) is 0 Å². The number of carboxylic acids is 2. The van der Waals surface area contributed by atoms with Crippen LogP contribution in [0.15, 0.2) is 48.5 Å². The highest BCUT2D eigenvalue weighted by Gasteiger charge is 2.38. The third kappa shape index (κ3) is 7.91. The lowest BCUT2D eigenvalue weighted by Gasteiger charge is -2.21. The zero-order valence-electron chi connectivity index (χ0n) is 22.9. The number of aromatic hydroxyl groups is 5. The molecule has 9 N–H and O–H groups in total. The maximum Gasteiger partial charge on any atom is 0.490 e. The van der Waals surface area contributed by atoms with Crippen molar-refractivity contribution in [1.29, 1.82) is 0 Å². The first kappa shape index (κ1) is 34.5. The number of rotatable bonds is 7. The minimum absolute atomic E-state index is 0.0490. The average Bonchev–Trinajstić information content (AvgIpc) is 3.39. The zero-order valence-corrected chi connectivity index (χ0v) is 22.9. The summed E-state index contributed by atoms with van der Waals surface area (Å²) in [6, 6.07) is 7.80. The van der Waals surface area contributed by atoms with Crippen molar-refractivity contribution in [2.45, 2.75) is 18.3 Å². The average molecular weight is 652 g/mol. The first-order valence-corrected chi connectivity index (χ1v) is 12.6. The Balaban J connectivity index is 0.000000738. The summed E-state index contributed by atoms with van der Waals surface area (Å²) in [6.07, 6.45) is -5.96. The highest BCUT2D eigenvalue weighted by Crippen LogP contribution is 2.35. The highest BCUT2D eigenvalue weighted by atomic mass is 19.4. The van der Waals surface area contributed by atoms with Crippen molar-refractivity contribution >= 4 is 29.6 Å². The highest BCUT2D eigenvalue weighted by molar-refractivity contribution is 6.18. The van der Waals surface area contributed by atoms with Crippen LogP contribution in [-0.2, 0) is 9.53 Å². The molecule has 18 heteroatoms. The van der Waals surface area contributed by atoms with Crippen molar-refractivity contribution in [2.75, 3.05) is 13.1 Å². The van der Waals surface area contributed by atoms with E-state index in [9.17, 15) is 63.0 Å². The van der Waals surface area contributed by atoms with Gasteiger partial charge in [0.1, 0.15) is 28.9 Å². The molecule has 1 amide bonds. The SMILES string of the molecule is O=C(N[C@H]1CNC[C@@H]1OC(=O)c1cc(O)c(C(=O)c2c(O)cccc2C(=O)O)c(O)c1)c1ccc(O)c(O)c1.O=C(O)C(F)(F)F. The number of ketones is 1. The Kier molecular flexibility index (Phi) is 10.3. The molecular weight excluding hydrogens is 629 g/mol. The second-order valence-corrected chi connectivity index (χ2v) is 9.41. The van der Waals surface area contributed by atoms with E-state index in [1.807, 2.05) is 0 Å². The van der Waals surface area contributed by atoms with Crippen LogP contribution in [-0.4, -0.2) is 96.8 Å². The third-order valence-electron chi connectivity index (χ3n) is 6.27. The van der Waals surface area contributed by atoms with Gasteiger partial charge < -0.3 is 51.1 Å². The second kappa shape index (κ2) is 13.7. The van der Waals surface area contributed by atoms with E-state index in [-0.39, 0.29) is 24.2 Å². The van der Waals surface area contributed by atoms with Crippen LogP contribution >= 0.6 is 0 Å². The van der Waals surface area contributed by atoms with Gasteiger partial charge in [-0.3, -0.25) is 9.59 Å². The van der Waals surface area contributed by atoms with Gasteiger partial charge >= 0.3 is 24.1 Å². The summed E-state index contributed by atoms with van der Waals surface area (Å²) in [6.45, 7) is 0.376. The number of carbonyl (C=O) groups excluding carboxylic acids is 3. The van der Waals surface area contributed by atoms with E-state index in [1.54, 1.807) is 0 Å². The Morgan fingerprint density at radius 2 is 1.35 bits per heavy atom. The topological polar surface area (TPSA) is 260 Å². The van der Waals surface area contributed by atoms with E-state index in [1.165, 1.54) is 12.1 Å². The lowest BCUT2D eigenvalue weighted by atomic mass is 9.95. The molecular formula is C28H23F3N2O13. The Morgan fingerprint density at radius 3 is 1.89 bits per heavy atom. The molecule has 1 saturated heterocycles. The molecule has 0 radical (unpaired) electrons. The van der Waals surface area contributed by atoms with Crippen LogP contribution < -0.4 is 10.6 Å². The second-order valence-electron chi connectivity index (χ2n) is 9.41. The van der Waals surface area contributed by atoms with E-state index >= 15 is 0 Å². The molecule has 0 saturated carbocycles. The Labute approximate surface area is 254 Å². The van der Waals surface area contributed by atoms with Gasteiger partial charge in [-0.05, 0) is 42.5 Å². The van der Waals surface area contributed by atoms with Gasteiger partial charge in [0, 0.05) is 18.7 Å². The van der Waals surface area contributed by atoms with Crippen molar-refractivity contribution in [3.63, 3.8) is 0 Å². The number of hydrogen-bond donors (Lipinski definition) is 9. The van der Waals surface area contributed by atoms with Crippen LogP contribution in [0, 0.1) is 0 Å². The molecule has 15 nitrogen and oxygen atoms in total. The monoisotopic (exact) mass is 652 g/mol. The standard InChI is InChI=1S/C26H22N2O11.C2HF3O2/c29-15-5-4-11(6-17(15)31)24(35)28-14-9-27-10-20(14)39-26(38)12-7-18(32)22(19(33)8-12)23(34)21-13(25(36)37)2-1-3-16(21)30;3-2(4,5)1(6)7/h1-8,14,20,27,29-33H,9-10H2,(H,28,35)(H,36,37);(H,6,7)/t14-,20-;/m0./s1. The molecule has 1 aliphatic rings.